The van der Waals surface area contributed by atoms with Gasteiger partial charge in [0.15, 0.2) is 0 Å². The molecule has 0 radical (unpaired) electrons. The van der Waals surface area contributed by atoms with E-state index in [1.165, 1.54) is 11.1 Å². The molecule has 0 atom stereocenters. The van der Waals surface area contributed by atoms with Crippen LogP contribution in [0.25, 0.3) is 0 Å². The molecule has 0 aromatic heterocycles. The van der Waals surface area contributed by atoms with Crippen molar-refractivity contribution in [1.82, 2.24) is 0 Å². The van der Waals surface area contributed by atoms with Crippen LogP contribution in [-0.4, -0.2) is 13.2 Å². The summed E-state index contributed by atoms with van der Waals surface area (Å²) in [6, 6.07) is 15.9. The molecule has 0 saturated carbocycles. The van der Waals surface area contributed by atoms with Gasteiger partial charge < -0.3 is 15.2 Å². The molecule has 0 heterocycles. The maximum atomic E-state index is 5.78. The summed E-state index contributed by atoms with van der Waals surface area (Å²) in [6.07, 6.45) is 0.867. The quantitative estimate of drug-likeness (QED) is 0.786. The van der Waals surface area contributed by atoms with E-state index in [4.69, 9.17) is 15.2 Å². The lowest BCUT2D eigenvalue weighted by Crippen LogP contribution is -2.06. The van der Waals surface area contributed by atoms with Crippen LogP contribution in [0.1, 0.15) is 17.5 Å². The van der Waals surface area contributed by atoms with Crippen molar-refractivity contribution in [3.63, 3.8) is 0 Å². The molecule has 2 aromatic carbocycles. The van der Waals surface area contributed by atoms with Crippen LogP contribution in [-0.2, 0) is 6.61 Å². The van der Waals surface area contributed by atoms with E-state index in [-0.39, 0.29) is 0 Å². The van der Waals surface area contributed by atoms with Gasteiger partial charge in [0.25, 0.3) is 0 Å². The summed E-state index contributed by atoms with van der Waals surface area (Å²) in [5.41, 5.74) is 7.87. The third-order valence-corrected chi connectivity index (χ3v) is 3.10. The van der Waals surface area contributed by atoms with E-state index in [0.29, 0.717) is 19.8 Å². The second-order valence-electron chi connectivity index (χ2n) is 4.68. The van der Waals surface area contributed by atoms with E-state index in [2.05, 4.69) is 19.1 Å². The zero-order valence-electron chi connectivity index (χ0n) is 11.8. The smallest absolute Gasteiger partial charge is 0.120 e. The Morgan fingerprint density at radius 3 is 2.20 bits per heavy atom. The standard InChI is InChI=1S/C17H21NO2/c1-14-5-2-3-6-15(14)13-20-17-9-7-16(8-10-17)19-12-4-11-18/h2-3,5-10H,4,11-13,18H2,1H3. The summed E-state index contributed by atoms with van der Waals surface area (Å²) < 4.78 is 11.3. The monoisotopic (exact) mass is 271 g/mol. The van der Waals surface area contributed by atoms with E-state index in [1.807, 2.05) is 36.4 Å². The molecule has 0 aliphatic heterocycles. The first-order valence-electron chi connectivity index (χ1n) is 6.90. The lowest BCUT2D eigenvalue weighted by Gasteiger charge is -2.10. The maximum absolute atomic E-state index is 5.78. The predicted octanol–water partition coefficient (Wildman–Crippen LogP) is 3.30. The second kappa shape index (κ2) is 7.56. The third-order valence-electron chi connectivity index (χ3n) is 3.10. The molecule has 3 nitrogen and oxygen atoms in total. The van der Waals surface area contributed by atoms with Gasteiger partial charge in [0.1, 0.15) is 18.1 Å². The van der Waals surface area contributed by atoms with E-state index in [1.54, 1.807) is 0 Å². The molecule has 0 fully saturated rings. The Bertz CT molecular complexity index is 523. The highest BCUT2D eigenvalue weighted by Crippen LogP contribution is 2.19. The maximum Gasteiger partial charge on any atom is 0.120 e. The summed E-state index contributed by atoms with van der Waals surface area (Å²) >= 11 is 0. The van der Waals surface area contributed by atoms with Crippen LogP contribution in [0.2, 0.25) is 0 Å². The third kappa shape index (κ3) is 4.28. The molecule has 20 heavy (non-hydrogen) atoms. The van der Waals surface area contributed by atoms with Gasteiger partial charge in [-0.2, -0.15) is 0 Å². The molecule has 0 spiro atoms. The number of nitrogens with two attached hydrogens (primary N) is 1. The highest BCUT2D eigenvalue weighted by molar-refractivity contribution is 5.32. The SMILES string of the molecule is Cc1ccccc1COc1ccc(OCCCN)cc1. The molecule has 0 unspecified atom stereocenters. The zero-order valence-corrected chi connectivity index (χ0v) is 11.8. The summed E-state index contributed by atoms with van der Waals surface area (Å²) in [4.78, 5) is 0. The van der Waals surface area contributed by atoms with E-state index >= 15 is 0 Å². The Morgan fingerprint density at radius 2 is 1.55 bits per heavy atom. The van der Waals surface area contributed by atoms with Gasteiger partial charge in [-0.3, -0.25) is 0 Å². The summed E-state index contributed by atoms with van der Waals surface area (Å²) in [5, 5.41) is 0. The van der Waals surface area contributed by atoms with Crippen LogP contribution in [0.5, 0.6) is 11.5 Å². The van der Waals surface area contributed by atoms with Crippen LogP contribution in [0, 0.1) is 6.92 Å². The Balaban J connectivity index is 1.86. The molecule has 2 rings (SSSR count). The fourth-order valence-corrected chi connectivity index (χ4v) is 1.84. The Hall–Kier alpha value is -2.00. The molecule has 0 amide bonds. The van der Waals surface area contributed by atoms with Crippen molar-refractivity contribution in [2.75, 3.05) is 13.2 Å². The average molecular weight is 271 g/mol. The summed E-state index contributed by atoms with van der Waals surface area (Å²) in [5.74, 6) is 1.70. The minimum Gasteiger partial charge on any atom is -0.494 e. The molecular formula is C17H21NO2. The molecule has 106 valence electrons. The first-order chi connectivity index (χ1) is 9.79. The summed E-state index contributed by atoms with van der Waals surface area (Å²) in [7, 11) is 0. The van der Waals surface area contributed by atoms with Crippen molar-refractivity contribution >= 4 is 0 Å². The van der Waals surface area contributed by atoms with Gasteiger partial charge in [-0.1, -0.05) is 24.3 Å². The molecule has 3 heteroatoms. The van der Waals surface area contributed by atoms with E-state index < -0.39 is 0 Å². The number of benzene rings is 2. The summed E-state index contributed by atoms with van der Waals surface area (Å²) in [6.45, 7) is 3.98. The number of aryl methyl sites for hydroxylation is 1. The Morgan fingerprint density at radius 1 is 0.900 bits per heavy atom. The number of ether oxygens (including phenoxy) is 2. The van der Waals surface area contributed by atoms with E-state index in [0.717, 1.165) is 17.9 Å². The van der Waals surface area contributed by atoms with Crippen LogP contribution < -0.4 is 15.2 Å². The largest absolute Gasteiger partial charge is 0.494 e. The molecule has 2 aromatic rings. The molecule has 2 N–H and O–H groups in total. The molecule has 0 bridgehead atoms. The molecule has 0 saturated heterocycles. The minimum atomic E-state index is 0.583. The van der Waals surface area contributed by atoms with Crippen LogP contribution >= 0.6 is 0 Å². The Kier molecular flexibility index (Phi) is 5.44. The number of hydrogen-bond donors (Lipinski definition) is 1. The molecular weight excluding hydrogens is 250 g/mol. The van der Waals surface area contributed by atoms with Gasteiger partial charge in [-0.25, -0.2) is 0 Å². The van der Waals surface area contributed by atoms with Gasteiger partial charge in [0, 0.05) is 0 Å². The minimum absolute atomic E-state index is 0.583. The number of rotatable bonds is 7. The fourth-order valence-electron chi connectivity index (χ4n) is 1.84. The van der Waals surface area contributed by atoms with Crippen LogP contribution in [0.3, 0.4) is 0 Å². The first kappa shape index (κ1) is 14.4. The van der Waals surface area contributed by atoms with Gasteiger partial charge in [-0.05, 0) is 55.3 Å². The molecule has 0 aliphatic carbocycles. The highest BCUT2D eigenvalue weighted by atomic mass is 16.5. The topological polar surface area (TPSA) is 44.5 Å². The van der Waals surface area contributed by atoms with Crippen LogP contribution in [0.4, 0.5) is 0 Å². The average Bonchev–Trinajstić information content (AvgIpc) is 2.48. The van der Waals surface area contributed by atoms with Crippen LogP contribution in [0.15, 0.2) is 48.5 Å². The second-order valence-corrected chi connectivity index (χ2v) is 4.68. The normalized spacial score (nSPS) is 10.3. The highest BCUT2D eigenvalue weighted by Gasteiger charge is 2.00. The van der Waals surface area contributed by atoms with Gasteiger partial charge >= 0.3 is 0 Å². The zero-order chi connectivity index (χ0) is 14.2. The first-order valence-corrected chi connectivity index (χ1v) is 6.90. The van der Waals surface area contributed by atoms with E-state index in [9.17, 15) is 0 Å². The number of hydrogen-bond acceptors (Lipinski definition) is 3. The van der Waals surface area contributed by atoms with Crippen molar-refractivity contribution in [1.29, 1.82) is 0 Å². The molecule has 0 aliphatic rings. The Labute approximate surface area is 120 Å². The van der Waals surface area contributed by atoms with Crippen molar-refractivity contribution in [3.8, 4) is 11.5 Å². The van der Waals surface area contributed by atoms with Crippen molar-refractivity contribution < 1.29 is 9.47 Å². The van der Waals surface area contributed by atoms with Crippen molar-refractivity contribution in [3.05, 3.63) is 59.7 Å². The lowest BCUT2D eigenvalue weighted by molar-refractivity contribution is 0.300. The predicted molar refractivity (Wildman–Crippen MR) is 81.1 cm³/mol. The van der Waals surface area contributed by atoms with Gasteiger partial charge in [-0.15, -0.1) is 0 Å². The fraction of sp³-hybridized carbons (Fsp3) is 0.294. The van der Waals surface area contributed by atoms with Gasteiger partial charge in [0.2, 0.25) is 0 Å². The van der Waals surface area contributed by atoms with Crippen molar-refractivity contribution in [2.45, 2.75) is 20.0 Å². The van der Waals surface area contributed by atoms with Gasteiger partial charge in [0.05, 0.1) is 6.61 Å². The lowest BCUT2D eigenvalue weighted by atomic mass is 10.1. The van der Waals surface area contributed by atoms with Crippen molar-refractivity contribution in [2.24, 2.45) is 5.73 Å².